The highest BCUT2D eigenvalue weighted by Crippen LogP contribution is 2.62. The summed E-state index contributed by atoms with van der Waals surface area (Å²) in [6.45, 7) is 6.58. The normalized spacial score (nSPS) is 44.1. The third-order valence-corrected chi connectivity index (χ3v) is 6.65. The van der Waals surface area contributed by atoms with Gasteiger partial charge in [-0.2, -0.15) is 0 Å². The zero-order chi connectivity index (χ0) is 13.1. The molecule has 0 spiro atoms. The minimum absolute atomic E-state index is 0.00211. The summed E-state index contributed by atoms with van der Waals surface area (Å²) in [4.78, 5) is 0. The molecule has 2 heteroatoms. The zero-order valence-electron chi connectivity index (χ0n) is 12.3. The maximum Gasteiger partial charge on any atom is 0.0631 e. The van der Waals surface area contributed by atoms with Crippen LogP contribution in [0.3, 0.4) is 0 Å². The maximum absolute atomic E-state index is 6.53. The molecule has 3 rings (SSSR count). The predicted molar refractivity (Wildman–Crippen MR) is 78.8 cm³/mol. The zero-order valence-corrected chi connectivity index (χ0v) is 12.3. The van der Waals surface area contributed by atoms with Gasteiger partial charge in [-0.05, 0) is 61.2 Å². The van der Waals surface area contributed by atoms with E-state index in [4.69, 9.17) is 15.7 Å². The van der Waals surface area contributed by atoms with Gasteiger partial charge in [-0.3, -0.25) is 0 Å². The minimum atomic E-state index is -0.500. The van der Waals surface area contributed by atoms with E-state index in [1.54, 1.807) is 0 Å². The van der Waals surface area contributed by atoms with Crippen molar-refractivity contribution >= 4 is 15.7 Å². The SMILES string of the molecule is [B]C([B])(C1CCC2C3CCC(C3)C2C1)C(C)(C)C. The molecule has 5 unspecified atom stereocenters. The average Bonchev–Trinajstić information content (AvgIpc) is 2.87. The van der Waals surface area contributed by atoms with Crippen LogP contribution in [0.5, 0.6) is 0 Å². The molecule has 3 aliphatic carbocycles. The molecule has 0 aromatic heterocycles. The molecule has 3 aliphatic rings. The molecule has 5 atom stereocenters. The van der Waals surface area contributed by atoms with Crippen molar-refractivity contribution in [2.45, 2.75) is 64.5 Å². The molecule has 0 nitrogen and oxygen atoms in total. The Hall–Kier alpha value is 0.130. The first-order valence-corrected chi connectivity index (χ1v) is 7.88. The van der Waals surface area contributed by atoms with E-state index in [0.29, 0.717) is 5.92 Å². The smallest absolute Gasteiger partial charge is 0.0631 e. The average molecular weight is 240 g/mol. The summed E-state index contributed by atoms with van der Waals surface area (Å²) in [6, 6.07) is 0. The molecule has 0 saturated heterocycles. The standard InChI is InChI=1S/C16H26B2/c1-15(2,3)16(17,18)12-6-7-13-10-4-5-11(8-10)14(13)9-12/h10-14H,4-9H2,1-3H3. The highest BCUT2D eigenvalue weighted by molar-refractivity contribution is 6.40. The number of rotatable bonds is 1. The van der Waals surface area contributed by atoms with E-state index in [9.17, 15) is 0 Å². The first kappa shape index (κ1) is 13.1. The summed E-state index contributed by atoms with van der Waals surface area (Å²) >= 11 is 0. The van der Waals surface area contributed by atoms with E-state index >= 15 is 0 Å². The maximum atomic E-state index is 6.53. The van der Waals surface area contributed by atoms with Crippen LogP contribution >= 0.6 is 0 Å². The van der Waals surface area contributed by atoms with E-state index in [1.807, 2.05) is 0 Å². The lowest BCUT2D eigenvalue weighted by molar-refractivity contribution is 0.0882. The van der Waals surface area contributed by atoms with Gasteiger partial charge >= 0.3 is 0 Å². The second kappa shape index (κ2) is 4.06. The van der Waals surface area contributed by atoms with Crippen LogP contribution < -0.4 is 0 Å². The van der Waals surface area contributed by atoms with E-state index in [0.717, 1.165) is 23.7 Å². The first-order chi connectivity index (χ1) is 8.30. The number of hydrogen-bond donors (Lipinski definition) is 0. The topological polar surface area (TPSA) is 0 Å². The Morgan fingerprint density at radius 2 is 1.39 bits per heavy atom. The molecule has 0 aromatic rings. The molecule has 3 fully saturated rings. The third kappa shape index (κ3) is 1.81. The van der Waals surface area contributed by atoms with Crippen LogP contribution in [-0.4, -0.2) is 15.7 Å². The Balaban J connectivity index is 1.75. The highest BCUT2D eigenvalue weighted by atomic mass is 14.6. The van der Waals surface area contributed by atoms with E-state index in [1.165, 1.54) is 38.5 Å². The van der Waals surface area contributed by atoms with Crippen molar-refractivity contribution < 1.29 is 0 Å². The van der Waals surface area contributed by atoms with Gasteiger partial charge < -0.3 is 0 Å². The molecule has 0 amide bonds. The van der Waals surface area contributed by atoms with Crippen LogP contribution in [0, 0.1) is 35.0 Å². The monoisotopic (exact) mass is 240 g/mol. The lowest BCUT2D eigenvalue weighted by Gasteiger charge is -2.51. The van der Waals surface area contributed by atoms with Gasteiger partial charge in [-0.15, -0.1) is 0 Å². The van der Waals surface area contributed by atoms with Gasteiger partial charge in [0.15, 0.2) is 0 Å². The van der Waals surface area contributed by atoms with E-state index < -0.39 is 5.21 Å². The summed E-state index contributed by atoms with van der Waals surface area (Å²) in [5.41, 5.74) is 0.00211. The third-order valence-electron chi connectivity index (χ3n) is 6.65. The Labute approximate surface area is 115 Å². The van der Waals surface area contributed by atoms with Gasteiger partial charge in [0.1, 0.15) is 0 Å². The van der Waals surface area contributed by atoms with Crippen molar-refractivity contribution in [3.63, 3.8) is 0 Å². The fraction of sp³-hybridized carbons (Fsp3) is 1.00. The predicted octanol–water partition coefficient (Wildman–Crippen LogP) is 3.95. The molecule has 18 heavy (non-hydrogen) atoms. The van der Waals surface area contributed by atoms with Gasteiger partial charge in [0.25, 0.3) is 0 Å². The second-order valence-electron chi connectivity index (χ2n) is 8.35. The Kier molecular flexibility index (Phi) is 2.96. The lowest BCUT2D eigenvalue weighted by atomic mass is 9.36. The number of hydrogen-bond acceptors (Lipinski definition) is 0. The Morgan fingerprint density at radius 1 is 0.778 bits per heavy atom. The van der Waals surface area contributed by atoms with Crippen LogP contribution in [0.25, 0.3) is 0 Å². The fourth-order valence-electron chi connectivity index (χ4n) is 5.23. The van der Waals surface area contributed by atoms with E-state index in [-0.39, 0.29) is 5.41 Å². The minimum Gasteiger partial charge on any atom is -0.0916 e. The van der Waals surface area contributed by atoms with Gasteiger partial charge in [0, 0.05) is 0 Å². The summed E-state index contributed by atoms with van der Waals surface area (Å²) in [6.07, 6.45) is 8.45. The van der Waals surface area contributed by atoms with Crippen LogP contribution in [-0.2, 0) is 0 Å². The quantitative estimate of drug-likeness (QED) is 0.608. The van der Waals surface area contributed by atoms with E-state index in [2.05, 4.69) is 20.8 Å². The summed E-state index contributed by atoms with van der Waals surface area (Å²) in [5, 5.41) is -0.500. The van der Waals surface area contributed by atoms with Gasteiger partial charge in [-0.25, -0.2) is 0 Å². The second-order valence-corrected chi connectivity index (χ2v) is 8.35. The molecule has 4 radical (unpaired) electrons. The highest BCUT2D eigenvalue weighted by Gasteiger charge is 2.52. The Morgan fingerprint density at radius 3 is 2.00 bits per heavy atom. The summed E-state index contributed by atoms with van der Waals surface area (Å²) in [5.74, 6) is 4.57. The summed E-state index contributed by atoms with van der Waals surface area (Å²) < 4.78 is 0. The van der Waals surface area contributed by atoms with Crippen molar-refractivity contribution in [3.05, 3.63) is 0 Å². The van der Waals surface area contributed by atoms with Crippen molar-refractivity contribution in [1.82, 2.24) is 0 Å². The molecule has 0 N–H and O–H groups in total. The largest absolute Gasteiger partial charge is 0.0916 e. The molecule has 96 valence electrons. The molecule has 0 aliphatic heterocycles. The number of fused-ring (bicyclic) bond motifs is 5. The van der Waals surface area contributed by atoms with Gasteiger partial charge in [0.2, 0.25) is 0 Å². The molecule has 0 heterocycles. The van der Waals surface area contributed by atoms with Crippen LogP contribution in [0.2, 0.25) is 5.21 Å². The van der Waals surface area contributed by atoms with Crippen molar-refractivity contribution in [2.75, 3.05) is 0 Å². The summed E-state index contributed by atoms with van der Waals surface area (Å²) in [7, 11) is 13.1. The van der Waals surface area contributed by atoms with Crippen molar-refractivity contribution in [2.24, 2.45) is 35.0 Å². The van der Waals surface area contributed by atoms with Crippen LogP contribution in [0.4, 0.5) is 0 Å². The van der Waals surface area contributed by atoms with Gasteiger partial charge in [0.05, 0.1) is 15.7 Å². The fourth-order valence-corrected chi connectivity index (χ4v) is 5.23. The van der Waals surface area contributed by atoms with Crippen LogP contribution in [0.15, 0.2) is 0 Å². The molecule has 3 saturated carbocycles. The first-order valence-electron chi connectivity index (χ1n) is 7.88. The van der Waals surface area contributed by atoms with Crippen molar-refractivity contribution in [3.8, 4) is 0 Å². The van der Waals surface area contributed by atoms with Gasteiger partial charge in [-0.1, -0.05) is 38.3 Å². The van der Waals surface area contributed by atoms with Crippen LogP contribution in [0.1, 0.15) is 59.3 Å². The lowest BCUT2D eigenvalue weighted by Crippen LogP contribution is -2.42. The Bertz CT molecular complexity index is 328. The molecular weight excluding hydrogens is 214 g/mol. The molecule has 2 bridgehead atoms. The molecule has 0 aromatic carbocycles. The van der Waals surface area contributed by atoms with Crippen molar-refractivity contribution in [1.29, 1.82) is 0 Å². The molecular formula is C16H26B2.